The lowest BCUT2D eigenvalue weighted by Gasteiger charge is -2.52. The maximum Gasteiger partial charge on any atom is 0.0658 e. The lowest BCUT2D eigenvalue weighted by molar-refractivity contribution is -0.0277. The first kappa shape index (κ1) is 44.4. The Kier molecular flexibility index (Phi) is 13.5. The van der Waals surface area contributed by atoms with E-state index in [1.807, 2.05) is 0 Å². The van der Waals surface area contributed by atoms with E-state index in [9.17, 15) is 21.0 Å². The highest BCUT2D eigenvalue weighted by Crippen LogP contribution is 2.63. The van der Waals surface area contributed by atoms with Gasteiger partial charge in [0.1, 0.15) is 0 Å². The van der Waals surface area contributed by atoms with Gasteiger partial charge in [0.25, 0.3) is 0 Å². The van der Waals surface area contributed by atoms with Gasteiger partial charge in [0.15, 0.2) is 0 Å². The molecule has 6 heteroatoms. The molecule has 0 aromatic heterocycles. The van der Waals surface area contributed by atoms with Crippen molar-refractivity contribution in [1.29, 1.82) is 21.0 Å². The van der Waals surface area contributed by atoms with Crippen molar-refractivity contribution in [3.8, 4) is 24.3 Å². The molecule has 2 saturated heterocycles. The lowest BCUT2D eigenvalue weighted by atomic mass is 9.60. The molecule has 64 heavy (non-hydrogen) atoms. The number of nitriles is 4. The van der Waals surface area contributed by atoms with Gasteiger partial charge in [0, 0.05) is 59.9 Å². The predicted octanol–water partition coefficient (Wildman–Crippen LogP) is 13.4. The molecule has 20 unspecified atom stereocenters. The van der Waals surface area contributed by atoms with Gasteiger partial charge in [0.05, 0.1) is 24.3 Å². The van der Waals surface area contributed by atoms with Crippen LogP contribution in [0.1, 0.15) is 205 Å². The Balaban J connectivity index is 0.917. The average Bonchev–Trinajstić information content (AvgIpc) is 3.89. The fourth-order valence-electron chi connectivity index (χ4n) is 20.7. The Labute approximate surface area is 390 Å². The molecule has 20 atom stereocenters. The number of rotatable bonds is 6. The molecule has 348 valence electrons. The van der Waals surface area contributed by atoms with E-state index in [0.717, 1.165) is 73.5 Å². The number of hydrogen-bond donors (Lipinski definition) is 0. The van der Waals surface area contributed by atoms with Crippen LogP contribution in [0.3, 0.4) is 0 Å². The molecule has 11 rings (SSSR count). The first-order valence-corrected chi connectivity index (χ1v) is 28.7. The van der Waals surface area contributed by atoms with Gasteiger partial charge in [-0.3, -0.25) is 9.80 Å². The predicted molar refractivity (Wildman–Crippen MR) is 252 cm³/mol. The van der Waals surface area contributed by atoms with Crippen LogP contribution in [0.25, 0.3) is 0 Å². The zero-order valence-corrected chi connectivity index (χ0v) is 40.0. The zero-order valence-electron chi connectivity index (χ0n) is 40.0. The summed E-state index contributed by atoms with van der Waals surface area (Å²) in [6.07, 6.45) is 41.6. The third kappa shape index (κ3) is 8.02. The maximum absolute atomic E-state index is 10.5. The van der Waals surface area contributed by atoms with Crippen LogP contribution in [-0.2, 0) is 0 Å². The molecule has 0 aromatic carbocycles. The van der Waals surface area contributed by atoms with Gasteiger partial charge in [-0.25, -0.2) is 0 Å². The summed E-state index contributed by atoms with van der Waals surface area (Å²) in [7, 11) is 0. The van der Waals surface area contributed by atoms with Gasteiger partial charge in [-0.05, 0) is 199 Å². The summed E-state index contributed by atoms with van der Waals surface area (Å²) >= 11 is 0. The van der Waals surface area contributed by atoms with Crippen LogP contribution in [0.2, 0.25) is 0 Å². The van der Waals surface area contributed by atoms with Gasteiger partial charge >= 0.3 is 0 Å². The lowest BCUT2D eigenvalue weighted by Crippen LogP contribution is -2.55. The smallest absolute Gasteiger partial charge is 0.0658 e. The van der Waals surface area contributed by atoms with Crippen molar-refractivity contribution < 1.29 is 0 Å². The Morgan fingerprint density at radius 1 is 0.266 bits per heavy atom. The van der Waals surface area contributed by atoms with E-state index in [0.29, 0.717) is 59.4 Å². The molecule has 0 amide bonds. The van der Waals surface area contributed by atoms with Crippen molar-refractivity contribution in [3.63, 3.8) is 0 Å². The molecule has 0 N–H and O–H groups in total. The molecule has 0 aromatic rings. The highest BCUT2D eigenvalue weighted by atomic mass is 15.3. The maximum atomic E-state index is 10.5. The summed E-state index contributed by atoms with van der Waals surface area (Å²) < 4.78 is 0. The van der Waals surface area contributed by atoms with E-state index in [1.165, 1.54) is 180 Å². The van der Waals surface area contributed by atoms with E-state index in [4.69, 9.17) is 0 Å². The SMILES string of the molecule is N#CC1CCCCC1C1CC(C2CCCCC2C#N)CC(N2C3CCCCC3C3C4C5CCCCC5N(C5CC(C6CCCCC6C#N)CC(C6CCCCC6C#N)C5)C4CCC32)C1. The minimum Gasteiger partial charge on any atom is -0.294 e. The van der Waals surface area contributed by atoms with Crippen LogP contribution < -0.4 is 0 Å². The van der Waals surface area contributed by atoms with Gasteiger partial charge in [0.2, 0.25) is 0 Å². The fourth-order valence-corrected chi connectivity index (χ4v) is 20.7. The zero-order chi connectivity index (χ0) is 43.3. The Morgan fingerprint density at radius 3 is 0.828 bits per heavy atom. The topological polar surface area (TPSA) is 102 Å². The molecule has 11 fully saturated rings. The monoisotopic (exact) mass is 867 g/mol. The first-order valence-electron chi connectivity index (χ1n) is 28.7. The Morgan fingerprint density at radius 2 is 0.531 bits per heavy atom. The average molecular weight is 867 g/mol. The summed E-state index contributed by atoms with van der Waals surface area (Å²) in [4.78, 5) is 6.64. The summed E-state index contributed by atoms with van der Waals surface area (Å²) in [5, 5.41) is 42.2. The molecular formula is C58H86N6. The molecule has 0 bridgehead atoms. The number of hydrogen-bond acceptors (Lipinski definition) is 6. The molecule has 2 heterocycles. The van der Waals surface area contributed by atoms with E-state index < -0.39 is 0 Å². The third-order valence-electron chi connectivity index (χ3n) is 22.9. The highest BCUT2D eigenvalue weighted by molar-refractivity contribution is 5.17. The summed E-state index contributed by atoms with van der Waals surface area (Å²) in [6, 6.07) is 15.7. The molecule has 2 aliphatic heterocycles. The second-order valence-electron chi connectivity index (χ2n) is 25.3. The largest absolute Gasteiger partial charge is 0.294 e. The van der Waals surface area contributed by atoms with Crippen molar-refractivity contribution in [1.82, 2.24) is 9.80 Å². The highest BCUT2D eigenvalue weighted by Gasteiger charge is 2.64. The molecule has 11 aliphatic rings. The second kappa shape index (κ2) is 19.5. The summed E-state index contributed by atoms with van der Waals surface area (Å²) in [5.74, 6) is 9.16. The van der Waals surface area contributed by atoms with Gasteiger partial charge in [-0.1, -0.05) is 77.0 Å². The molecule has 9 saturated carbocycles. The minimum absolute atomic E-state index is 0.236. The van der Waals surface area contributed by atoms with Crippen molar-refractivity contribution >= 4 is 0 Å². The van der Waals surface area contributed by atoms with Gasteiger partial charge in [-0.2, -0.15) is 21.0 Å². The first-order chi connectivity index (χ1) is 31.6. The fraction of sp³-hybridized carbons (Fsp3) is 0.931. The molecule has 9 aliphatic carbocycles. The van der Waals surface area contributed by atoms with Crippen LogP contribution in [0.5, 0.6) is 0 Å². The molecule has 6 nitrogen and oxygen atoms in total. The van der Waals surface area contributed by atoms with Crippen molar-refractivity contribution in [2.75, 3.05) is 0 Å². The van der Waals surface area contributed by atoms with E-state index in [-0.39, 0.29) is 23.7 Å². The van der Waals surface area contributed by atoms with E-state index in [2.05, 4.69) is 34.1 Å². The number of fused-ring (bicyclic) bond motifs is 7. The quantitative estimate of drug-likeness (QED) is 0.263. The molecular weight excluding hydrogens is 781 g/mol. The van der Waals surface area contributed by atoms with E-state index >= 15 is 0 Å². The standard InChI is InChI=1S/C58H86N6/c59-33-37-13-1-5-17-47(37)41-27-42(48-18-6-2-14-38(48)34-60)30-45(29-41)63-53-23-11-9-21-51(53)57-55(63)25-26-56-58(57)52-22-10-12-24-54(52)64(56)46-31-43(49-19-7-3-15-39(49)35-61)28-44(32-46)50-20-8-4-16-40(50)36-62/h37-58H,1-32H2. The van der Waals surface area contributed by atoms with Crippen LogP contribution in [0.4, 0.5) is 0 Å². The van der Waals surface area contributed by atoms with Crippen LogP contribution in [0.15, 0.2) is 0 Å². The van der Waals surface area contributed by atoms with Crippen molar-refractivity contribution in [2.45, 2.75) is 242 Å². The van der Waals surface area contributed by atoms with Crippen LogP contribution in [-0.4, -0.2) is 46.1 Å². The Bertz CT molecular complexity index is 1570. The van der Waals surface area contributed by atoms with Crippen molar-refractivity contribution in [3.05, 3.63) is 0 Å². The van der Waals surface area contributed by atoms with E-state index in [1.54, 1.807) is 0 Å². The summed E-state index contributed by atoms with van der Waals surface area (Å²) in [6.45, 7) is 0. The number of nitrogens with zero attached hydrogens (tertiary/aromatic N) is 6. The molecule has 0 radical (unpaired) electrons. The number of likely N-dealkylation sites (tertiary alicyclic amines) is 2. The van der Waals surface area contributed by atoms with Crippen LogP contribution in [0, 0.1) is 140 Å². The van der Waals surface area contributed by atoms with Crippen molar-refractivity contribution in [2.24, 2.45) is 94.7 Å². The normalized spacial score (nSPS) is 51.1. The van der Waals surface area contributed by atoms with Crippen LogP contribution >= 0.6 is 0 Å². The minimum atomic E-state index is 0.236. The third-order valence-corrected chi connectivity index (χ3v) is 22.9. The van der Waals surface area contributed by atoms with Gasteiger partial charge < -0.3 is 0 Å². The Hall–Kier alpha value is -2.12. The van der Waals surface area contributed by atoms with Gasteiger partial charge in [-0.15, -0.1) is 0 Å². The second-order valence-corrected chi connectivity index (χ2v) is 25.3. The molecule has 0 spiro atoms. The summed E-state index contributed by atoms with van der Waals surface area (Å²) in [5.41, 5.74) is 0.